The van der Waals surface area contributed by atoms with Gasteiger partial charge < -0.3 is 26.4 Å². The largest absolute Gasteiger partial charge is 0.507 e. The summed E-state index contributed by atoms with van der Waals surface area (Å²) >= 11 is 0. The maximum atomic E-state index is 14.3. The number of hydrogen-bond donors (Lipinski definition) is 5. The van der Waals surface area contributed by atoms with E-state index < -0.39 is 87.3 Å². The quantitative estimate of drug-likeness (QED) is 0.287. The van der Waals surface area contributed by atoms with Gasteiger partial charge in [-0.2, -0.15) is 0 Å². The predicted octanol–water partition coefficient (Wildman–Crippen LogP) is -0.373. The highest BCUT2D eigenvalue weighted by atomic mass is 19.1. The molecule has 4 rings (SSSR count). The zero-order valence-corrected chi connectivity index (χ0v) is 23.3. The van der Waals surface area contributed by atoms with Crippen LogP contribution in [0.25, 0.3) is 0 Å². The van der Waals surface area contributed by atoms with Gasteiger partial charge in [0.2, 0.25) is 5.91 Å². The van der Waals surface area contributed by atoms with E-state index in [4.69, 9.17) is 5.73 Å². The number of rotatable bonds is 6. The summed E-state index contributed by atoms with van der Waals surface area (Å²) in [7, 11) is 2.88. The number of amides is 1. The molecule has 12 heteroatoms. The van der Waals surface area contributed by atoms with Gasteiger partial charge in [0.25, 0.3) is 0 Å². The van der Waals surface area contributed by atoms with Crippen LogP contribution in [0, 0.1) is 22.7 Å². The van der Waals surface area contributed by atoms with Crippen molar-refractivity contribution in [3.8, 4) is 5.75 Å². The van der Waals surface area contributed by atoms with Gasteiger partial charge in [-0.15, -0.1) is 0 Å². The minimum atomic E-state index is -3.13. The van der Waals surface area contributed by atoms with Crippen LogP contribution in [0.5, 0.6) is 5.75 Å². The van der Waals surface area contributed by atoms with E-state index in [9.17, 15) is 43.7 Å². The average molecular weight is 562 g/mol. The summed E-state index contributed by atoms with van der Waals surface area (Å²) in [5, 5.41) is 38.0. The number of phenols is 1. The molecule has 0 aliphatic heterocycles. The standard InChI is InChI=1S/C28H36FN3O8/c1-11(29)9-31-10-13-7-8-14-12(2)26(3)17(19(34)15(14)18(13)33)23(37)28(40)22(36)16(24(30)38)20(35)21(32(5)6)27(28,4)25(26)39/h7-8,11-12,16-17,21,25,31,33,39-40H,9-10H2,1-6H3,(H2,30,38)/t11?,12-,16?,17?,21+,25-,26+,27+,28+/m0/s1. The number of primary amides is 1. The second-order valence-corrected chi connectivity index (χ2v) is 12.1. The minimum Gasteiger partial charge on any atom is -0.507 e. The summed E-state index contributed by atoms with van der Waals surface area (Å²) < 4.78 is 13.3. The second kappa shape index (κ2) is 9.51. The Labute approximate surface area is 230 Å². The van der Waals surface area contributed by atoms with Crippen molar-refractivity contribution in [3.63, 3.8) is 0 Å². The molecular formula is C28H36FN3O8. The van der Waals surface area contributed by atoms with Gasteiger partial charge in [-0.1, -0.05) is 32.9 Å². The lowest BCUT2D eigenvalue weighted by Gasteiger charge is -2.65. The number of nitrogens with one attached hydrogen (secondary N) is 1. The third kappa shape index (κ3) is 3.52. The summed E-state index contributed by atoms with van der Waals surface area (Å²) in [6, 6.07) is 1.65. The molecule has 1 aromatic carbocycles. The van der Waals surface area contributed by atoms with Crippen molar-refractivity contribution in [1.82, 2.24) is 10.2 Å². The Bertz CT molecular complexity index is 1330. The SMILES string of the molecule is CC(F)CNCc1ccc2c(c1O)C(=O)C1C(=O)[C@]3(O)C(=O)C(C(N)=O)C(=O)[C@@H](N(C)C)[C@]3(C)[C@@H](O)[C@]1(C)[C@H]2C. The van der Waals surface area contributed by atoms with Gasteiger partial charge >= 0.3 is 0 Å². The van der Waals surface area contributed by atoms with E-state index >= 15 is 0 Å². The number of nitrogens with two attached hydrogens (primary N) is 1. The molecule has 2 saturated carbocycles. The van der Waals surface area contributed by atoms with Gasteiger partial charge in [-0.05, 0) is 32.5 Å². The van der Waals surface area contributed by atoms with E-state index in [1.54, 1.807) is 19.1 Å². The van der Waals surface area contributed by atoms with Crippen LogP contribution in [0.3, 0.4) is 0 Å². The number of aliphatic hydroxyl groups is 2. The number of carbonyl (C=O) groups is 5. The van der Waals surface area contributed by atoms with Crippen LogP contribution < -0.4 is 11.1 Å². The van der Waals surface area contributed by atoms with Crippen LogP contribution in [0.15, 0.2) is 12.1 Å². The molecule has 2 fully saturated rings. The number of nitrogens with zero attached hydrogens (tertiary/aromatic N) is 1. The molecule has 3 aliphatic carbocycles. The molecule has 218 valence electrons. The van der Waals surface area contributed by atoms with Gasteiger partial charge in [0.1, 0.15) is 11.9 Å². The zero-order valence-electron chi connectivity index (χ0n) is 23.3. The number of aromatic hydroxyl groups is 1. The normalized spacial score (nSPS) is 38.1. The number of hydrogen-bond acceptors (Lipinski definition) is 10. The van der Waals surface area contributed by atoms with Gasteiger partial charge in [0, 0.05) is 24.1 Å². The molecule has 0 saturated heterocycles. The van der Waals surface area contributed by atoms with Gasteiger partial charge in [0.15, 0.2) is 34.7 Å². The first kappa shape index (κ1) is 29.9. The lowest BCUT2D eigenvalue weighted by atomic mass is 9.39. The fraction of sp³-hybridized carbons (Fsp3) is 0.607. The molecule has 40 heavy (non-hydrogen) atoms. The van der Waals surface area contributed by atoms with Crippen molar-refractivity contribution in [2.45, 2.75) is 64.1 Å². The lowest BCUT2D eigenvalue weighted by molar-refractivity contribution is -0.237. The van der Waals surface area contributed by atoms with Gasteiger partial charge in [-0.3, -0.25) is 28.9 Å². The first-order valence-electron chi connectivity index (χ1n) is 13.1. The highest BCUT2D eigenvalue weighted by molar-refractivity contribution is 6.33. The van der Waals surface area contributed by atoms with Crippen LogP contribution in [0.2, 0.25) is 0 Å². The summed E-state index contributed by atoms with van der Waals surface area (Å²) in [5.74, 6) is -11.2. The third-order valence-corrected chi connectivity index (χ3v) is 9.66. The molecule has 0 radical (unpaired) electrons. The number of fused-ring (bicyclic) bond motifs is 3. The Kier molecular flexibility index (Phi) is 7.11. The van der Waals surface area contributed by atoms with Crippen molar-refractivity contribution < 1.29 is 43.7 Å². The van der Waals surface area contributed by atoms with Crippen molar-refractivity contribution in [2.75, 3.05) is 20.6 Å². The maximum absolute atomic E-state index is 14.3. The Morgan fingerprint density at radius 3 is 2.30 bits per heavy atom. The monoisotopic (exact) mass is 561 g/mol. The number of benzene rings is 1. The molecular weight excluding hydrogens is 525 g/mol. The summed E-state index contributed by atoms with van der Waals surface area (Å²) in [6.07, 6.45) is -2.95. The maximum Gasteiger partial charge on any atom is 0.235 e. The predicted molar refractivity (Wildman–Crippen MR) is 139 cm³/mol. The van der Waals surface area contributed by atoms with Crippen molar-refractivity contribution in [2.24, 2.45) is 28.4 Å². The molecule has 0 aromatic heterocycles. The number of ketones is 4. The van der Waals surface area contributed by atoms with E-state index in [2.05, 4.69) is 5.32 Å². The minimum absolute atomic E-state index is 0.00718. The molecule has 0 heterocycles. The van der Waals surface area contributed by atoms with Gasteiger partial charge in [-0.25, -0.2) is 4.39 Å². The summed E-state index contributed by atoms with van der Waals surface area (Å²) in [6.45, 7) is 5.73. The van der Waals surface area contributed by atoms with Crippen LogP contribution in [0.4, 0.5) is 4.39 Å². The van der Waals surface area contributed by atoms with E-state index in [0.29, 0.717) is 5.56 Å². The molecule has 0 bridgehead atoms. The zero-order chi connectivity index (χ0) is 30.3. The van der Waals surface area contributed by atoms with E-state index in [0.717, 1.165) is 0 Å². The first-order valence-corrected chi connectivity index (χ1v) is 13.1. The lowest BCUT2D eigenvalue weighted by Crippen LogP contribution is -2.84. The number of halogens is 1. The number of Topliss-reactive ketones (excluding diaryl/α,β-unsaturated/α-hetero) is 4. The van der Waals surface area contributed by atoms with Crippen LogP contribution in [-0.4, -0.2) is 93.8 Å². The van der Waals surface area contributed by atoms with Gasteiger partial charge in [0.05, 0.1) is 29.0 Å². The molecule has 1 amide bonds. The molecule has 1 aromatic rings. The van der Waals surface area contributed by atoms with Crippen LogP contribution >= 0.6 is 0 Å². The molecule has 11 nitrogen and oxygen atoms in total. The highest BCUT2D eigenvalue weighted by Gasteiger charge is 2.81. The van der Waals surface area contributed by atoms with E-state index in [-0.39, 0.29) is 24.2 Å². The average Bonchev–Trinajstić information content (AvgIpc) is 2.85. The Hall–Kier alpha value is -3.06. The topological polar surface area (TPSA) is 187 Å². The number of phenolic OH excluding ortho intramolecular Hbond substituents is 1. The van der Waals surface area contributed by atoms with E-state index in [1.165, 1.54) is 39.8 Å². The Morgan fingerprint density at radius 2 is 1.77 bits per heavy atom. The molecule has 9 atom stereocenters. The fourth-order valence-corrected chi connectivity index (χ4v) is 7.53. The van der Waals surface area contributed by atoms with Crippen molar-refractivity contribution >= 4 is 29.0 Å². The molecule has 3 unspecified atom stereocenters. The highest BCUT2D eigenvalue weighted by Crippen LogP contribution is 2.65. The molecule has 0 spiro atoms. The number of carbonyl (C=O) groups excluding carboxylic acids is 5. The third-order valence-electron chi connectivity index (χ3n) is 9.66. The van der Waals surface area contributed by atoms with E-state index in [1.807, 2.05) is 0 Å². The summed E-state index contributed by atoms with van der Waals surface area (Å²) in [4.78, 5) is 69.0. The Balaban J connectivity index is 1.95. The number of alkyl halides is 1. The number of aliphatic hydroxyl groups excluding tert-OH is 1. The fourth-order valence-electron chi connectivity index (χ4n) is 7.53. The smallest absolute Gasteiger partial charge is 0.235 e. The summed E-state index contributed by atoms with van der Waals surface area (Å²) in [5.41, 5.74) is -1.17. The second-order valence-electron chi connectivity index (χ2n) is 12.1. The molecule has 3 aliphatic rings. The molecule has 6 N–H and O–H groups in total. The van der Waals surface area contributed by atoms with Crippen molar-refractivity contribution in [3.05, 3.63) is 28.8 Å². The van der Waals surface area contributed by atoms with Crippen LogP contribution in [-0.2, 0) is 25.7 Å². The van der Waals surface area contributed by atoms with Crippen molar-refractivity contribution in [1.29, 1.82) is 0 Å². The first-order chi connectivity index (χ1) is 18.4. The Morgan fingerprint density at radius 1 is 1.18 bits per heavy atom. The number of likely N-dealkylation sites (N-methyl/N-ethyl adjacent to an activating group) is 1. The van der Waals surface area contributed by atoms with Crippen LogP contribution in [0.1, 0.15) is 55.1 Å².